The highest BCUT2D eigenvalue weighted by Gasteiger charge is 2.16. The van der Waals surface area contributed by atoms with Crippen LogP contribution in [-0.4, -0.2) is 29.7 Å². The van der Waals surface area contributed by atoms with Crippen molar-refractivity contribution >= 4 is 5.91 Å². The third-order valence-corrected chi connectivity index (χ3v) is 2.98. The smallest absolute Gasteiger partial charge is 0.237 e. The Bertz CT molecular complexity index is 350. The maximum absolute atomic E-state index is 11.7. The molecule has 0 heterocycles. The lowest BCUT2D eigenvalue weighted by molar-refractivity contribution is -0.123. The monoisotopic (exact) mass is 250 g/mol. The summed E-state index contributed by atoms with van der Waals surface area (Å²) in [5.41, 5.74) is 7.00. The molecule has 4 nitrogen and oxygen atoms in total. The van der Waals surface area contributed by atoms with E-state index >= 15 is 0 Å². The van der Waals surface area contributed by atoms with E-state index in [0.29, 0.717) is 12.8 Å². The first-order chi connectivity index (χ1) is 8.67. The van der Waals surface area contributed by atoms with Crippen LogP contribution < -0.4 is 11.1 Å². The molecule has 0 aromatic heterocycles. The molecule has 0 saturated heterocycles. The van der Waals surface area contributed by atoms with E-state index in [9.17, 15) is 4.79 Å². The molecule has 1 rings (SSSR count). The van der Waals surface area contributed by atoms with E-state index in [1.807, 2.05) is 37.3 Å². The molecule has 100 valence electrons. The summed E-state index contributed by atoms with van der Waals surface area (Å²) in [5, 5.41) is 11.7. The molecule has 0 radical (unpaired) electrons. The zero-order valence-electron chi connectivity index (χ0n) is 10.8. The fraction of sp³-hybridized carbons (Fsp3) is 0.500. The van der Waals surface area contributed by atoms with Crippen LogP contribution in [0.1, 0.15) is 25.3 Å². The molecule has 1 amide bonds. The van der Waals surface area contributed by atoms with Crippen LogP contribution in [0.4, 0.5) is 0 Å². The molecule has 1 aromatic rings. The van der Waals surface area contributed by atoms with Gasteiger partial charge in [0.2, 0.25) is 5.91 Å². The predicted octanol–water partition coefficient (Wildman–Crippen LogP) is 0.834. The maximum Gasteiger partial charge on any atom is 0.237 e. The van der Waals surface area contributed by atoms with Crippen molar-refractivity contribution in [2.24, 2.45) is 5.73 Å². The summed E-state index contributed by atoms with van der Waals surface area (Å²) in [7, 11) is 0. The SMILES string of the molecule is CC[C@@H](CO)NC(=O)[C@@H](N)CCc1ccccc1. The van der Waals surface area contributed by atoms with Crippen molar-refractivity contribution in [2.75, 3.05) is 6.61 Å². The molecule has 0 fully saturated rings. The second kappa shape index (κ2) is 7.84. The number of rotatable bonds is 7. The minimum atomic E-state index is -0.522. The average Bonchev–Trinajstić information content (AvgIpc) is 2.42. The lowest BCUT2D eigenvalue weighted by Crippen LogP contribution is -2.46. The van der Waals surface area contributed by atoms with Gasteiger partial charge in [-0.25, -0.2) is 0 Å². The first-order valence-corrected chi connectivity index (χ1v) is 6.38. The molecule has 2 atom stereocenters. The molecular formula is C14H22N2O2. The van der Waals surface area contributed by atoms with Gasteiger partial charge in [0.15, 0.2) is 0 Å². The Morgan fingerprint density at radius 2 is 2.06 bits per heavy atom. The Morgan fingerprint density at radius 3 is 2.61 bits per heavy atom. The number of hydrogen-bond donors (Lipinski definition) is 3. The molecule has 18 heavy (non-hydrogen) atoms. The minimum absolute atomic E-state index is 0.0480. The molecule has 4 N–H and O–H groups in total. The molecule has 0 aliphatic carbocycles. The standard InChI is InChI=1S/C14H22N2O2/c1-2-12(10-17)16-14(18)13(15)9-8-11-6-4-3-5-7-11/h3-7,12-13,17H,2,8-10,15H2,1H3,(H,16,18)/t12-,13-/m0/s1. The van der Waals surface area contributed by atoms with Crippen molar-refractivity contribution < 1.29 is 9.90 Å². The van der Waals surface area contributed by atoms with E-state index < -0.39 is 6.04 Å². The van der Waals surface area contributed by atoms with Gasteiger partial charge in [-0.05, 0) is 24.8 Å². The Hall–Kier alpha value is -1.39. The molecule has 1 aromatic carbocycles. The minimum Gasteiger partial charge on any atom is -0.394 e. The van der Waals surface area contributed by atoms with Gasteiger partial charge in [-0.3, -0.25) is 4.79 Å². The number of nitrogens with two attached hydrogens (primary N) is 1. The molecule has 0 aliphatic heterocycles. The number of aryl methyl sites for hydroxylation is 1. The lowest BCUT2D eigenvalue weighted by Gasteiger charge is -2.17. The predicted molar refractivity (Wildman–Crippen MR) is 72.0 cm³/mol. The third-order valence-electron chi connectivity index (χ3n) is 2.98. The van der Waals surface area contributed by atoms with Gasteiger partial charge >= 0.3 is 0 Å². The summed E-state index contributed by atoms with van der Waals surface area (Å²) in [6, 6.07) is 9.23. The van der Waals surface area contributed by atoms with E-state index in [1.54, 1.807) is 0 Å². The maximum atomic E-state index is 11.7. The van der Waals surface area contributed by atoms with Crippen LogP contribution in [0.15, 0.2) is 30.3 Å². The van der Waals surface area contributed by atoms with Gasteiger partial charge in [-0.1, -0.05) is 37.3 Å². The zero-order valence-corrected chi connectivity index (χ0v) is 10.8. The van der Waals surface area contributed by atoms with Crippen molar-refractivity contribution in [2.45, 2.75) is 38.3 Å². The quantitative estimate of drug-likeness (QED) is 0.671. The van der Waals surface area contributed by atoms with Crippen molar-refractivity contribution in [1.82, 2.24) is 5.32 Å². The van der Waals surface area contributed by atoms with Crippen LogP contribution in [0.5, 0.6) is 0 Å². The third kappa shape index (κ3) is 4.85. The zero-order chi connectivity index (χ0) is 13.4. The number of carbonyl (C=O) groups excluding carboxylic acids is 1. The summed E-state index contributed by atoms with van der Waals surface area (Å²) in [4.78, 5) is 11.7. The van der Waals surface area contributed by atoms with Crippen molar-refractivity contribution in [3.05, 3.63) is 35.9 Å². The normalized spacial score (nSPS) is 13.9. The number of aliphatic hydroxyl groups is 1. The first kappa shape index (κ1) is 14.7. The van der Waals surface area contributed by atoms with Gasteiger partial charge in [0.1, 0.15) is 0 Å². The van der Waals surface area contributed by atoms with Crippen LogP contribution in [0.3, 0.4) is 0 Å². The highest BCUT2D eigenvalue weighted by atomic mass is 16.3. The van der Waals surface area contributed by atoms with Crippen LogP contribution in [0.25, 0.3) is 0 Å². The molecular weight excluding hydrogens is 228 g/mol. The summed E-state index contributed by atoms with van der Waals surface area (Å²) in [6.07, 6.45) is 2.09. The molecule has 0 unspecified atom stereocenters. The van der Waals surface area contributed by atoms with Crippen molar-refractivity contribution in [1.29, 1.82) is 0 Å². The summed E-state index contributed by atoms with van der Waals surface area (Å²) in [6.45, 7) is 1.87. The largest absolute Gasteiger partial charge is 0.394 e. The fourth-order valence-electron chi connectivity index (χ4n) is 1.68. The number of benzene rings is 1. The average molecular weight is 250 g/mol. The number of amides is 1. The highest BCUT2D eigenvalue weighted by molar-refractivity contribution is 5.81. The molecule has 0 aliphatic rings. The van der Waals surface area contributed by atoms with E-state index in [2.05, 4.69) is 5.32 Å². The van der Waals surface area contributed by atoms with Crippen LogP contribution >= 0.6 is 0 Å². The Balaban J connectivity index is 2.36. The highest BCUT2D eigenvalue weighted by Crippen LogP contribution is 2.04. The summed E-state index contributed by atoms with van der Waals surface area (Å²) >= 11 is 0. The Kier molecular flexibility index (Phi) is 6.39. The van der Waals surface area contributed by atoms with E-state index in [4.69, 9.17) is 10.8 Å². The lowest BCUT2D eigenvalue weighted by atomic mass is 10.0. The van der Waals surface area contributed by atoms with Gasteiger partial charge in [0.05, 0.1) is 18.7 Å². The van der Waals surface area contributed by atoms with E-state index in [0.717, 1.165) is 6.42 Å². The van der Waals surface area contributed by atoms with Crippen LogP contribution in [0, 0.1) is 0 Å². The number of nitrogens with one attached hydrogen (secondary N) is 1. The van der Waals surface area contributed by atoms with Gasteiger partial charge < -0.3 is 16.2 Å². The van der Waals surface area contributed by atoms with Crippen molar-refractivity contribution in [3.63, 3.8) is 0 Å². The second-order valence-electron chi connectivity index (χ2n) is 4.43. The number of carbonyl (C=O) groups is 1. The Labute approximate surface area is 108 Å². The molecule has 0 saturated carbocycles. The summed E-state index contributed by atoms with van der Waals surface area (Å²) < 4.78 is 0. The second-order valence-corrected chi connectivity index (χ2v) is 4.43. The van der Waals surface area contributed by atoms with Crippen LogP contribution in [-0.2, 0) is 11.2 Å². The number of aliphatic hydroxyl groups excluding tert-OH is 1. The molecule has 0 spiro atoms. The topological polar surface area (TPSA) is 75.3 Å². The van der Waals surface area contributed by atoms with Gasteiger partial charge in [-0.2, -0.15) is 0 Å². The fourth-order valence-corrected chi connectivity index (χ4v) is 1.68. The van der Waals surface area contributed by atoms with Crippen molar-refractivity contribution in [3.8, 4) is 0 Å². The first-order valence-electron chi connectivity index (χ1n) is 6.38. The van der Waals surface area contributed by atoms with Gasteiger partial charge in [0, 0.05) is 0 Å². The number of hydrogen-bond acceptors (Lipinski definition) is 3. The van der Waals surface area contributed by atoms with E-state index in [-0.39, 0.29) is 18.6 Å². The van der Waals surface area contributed by atoms with Gasteiger partial charge in [0.25, 0.3) is 0 Å². The molecule has 0 bridgehead atoms. The summed E-state index contributed by atoms with van der Waals surface area (Å²) in [5.74, 6) is -0.188. The molecule has 4 heteroatoms. The Morgan fingerprint density at radius 1 is 1.39 bits per heavy atom. The van der Waals surface area contributed by atoms with Gasteiger partial charge in [-0.15, -0.1) is 0 Å². The van der Waals surface area contributed by atoms with Crippen LogP contribution in [0.2, 0.25) is 0 Å². The van der Waals surface area contributed by atoms with E-state index in [1.165, 1.54) is 5.56 Å².